The number of benzene rings is 3. The van der Waals surface area contributed by atoms with Gasteiger partial charge in [0, 0.05) is 11.3 Å². The number of anilines is 1. The van der Waals surface area contributed by atoms with E-state index < -0.39 is 0 Å². The summed E-state index contributed by atoms with van der Waals surface area (Å²) in [5.74, 6) is 0.151. The van der Waals surface area contributed by atoms with Crippen molar-refractivity contribution in [2.75, 3.05) is 37.6 Å². The van der Waals surface area contributed by atoms with E-state index in [0.717, 1.165) is 48.6 Å². The summed E-state index contributed by atoms with van der Waals surface area (Å²) in [4.78, 5) is 28.0. The van der Waals surface area contributed by atoms with Crippen molar-refractivity contribution in [1.82, 2.24) is 5.32 Å². The van der Waals surface area contributed by atoms with Gasteiger partial charge in [-0.15, -0.1) is 0 Å². The molecule has 32 heavy (non-hydrogen) atoms. The summed E-state index contributed by atoms with van der Waals surface area (Å²) in [6.45, 7) is 5.65. The maximum Gasteiger partial charge on any atom is 0.275 e. The van der Waals surface area contributed by atoms with Crippen LogP contribution in [0.5, 0.6) is 0 Å². The van der Waals surface area contributed by atoms with E-state index in [0.29, 0.717) is 6.54 Å². The molecule has 0 aromatic heterocycles. The first-order valence-electron chi connectivity index (χ1n) is 11.2. The van der Waals surface area contributed by atoms with Crippen LogP contribution in [0, 0.1) is 0 Å². The van der Waals surface area contributed by atoms with Gasteiger partial charge in [-0.3, -0.25) is 9.59 Å². The van der Waals surface area contributed by atoms with Crippen LogP contribution in [0.1, 0.15) is 34.5 Å². The van der Waals surface area contributed by atoms with Gasteiger partial charge in [-0.25, -0.2) is 0 Å². The standard InChI is InChI=1S/C27H29N3O2/c1-21(31)22-12-14-25(15-13-22)30-18-16-29(17-19-30)20-26(32)28-27(23-8-4-2-5-9-23)24-10-6-3-7-11-24/h2-15,27H,16-20H2,1H3,(H,28,32)/p+1. The number of quaternary nitrogens is 1. The van der Waals surface area contributed by atoms with Gasteiger partial charge in [0.15, 0.2) is 12.3 Å². The number of piperazine rings is 1. The zero-order chi connectivity index (χ0) is 22.3. The summed E-state index contributed by atoms with van der Waals surface area (Å²) in [6, 6.07) is 27.9. The first kappa shape index (κ1) is 21.8. The van der Waals surface area contributed by atoms with Gasteiger partial charge in [0.05, 0.1) is 32.2 Å². The molecule has 3 aromatic rings. The highest BCUT2D eigenvalue weighted by Crippen LogP contribution is 2.21. The first-order valence-corrected chi connectivity index (χ1v) is 11.2. The van der Waals surface area contributed by atoms with Gasteiger partial charge < -0.3 is 15.1 Å². The van der Waals surface area contributed by atoms with Crippen LogP contribution >= 0.6 is 0 Å². The summed E-state index contributed by atoms with van der Waals surface area (Å²) >= 11 is 0. The smallest absolute Gasteiger partial charge is 0.275 e. The molecule has 164 valence electrons. The van der Waals surface area contributed by atoms with Crippen LogP contribution in [0.3, 0.4) is 0 Å². The average molecular weight is 429 g/mol. The molecule has 0 atom stereocenters. The SMILES string of the molecule is CC(=O)c1ccc(N2CC[NH+](CC(=O)NC(c3ccccc3)c3ccccc3)CC2)cc1. The Bertz CT molecular complexity index is 988. The largest absolute Gasteiger partial charge is 0.360 e. The molecular weight excluding hydrogens is 398 g/mol. The molecule has 0 unspecified atom stereocenters. The molecule has 3 aromatic carbocycles. The molecule has 0 aliphatic carbocycles. The van der Waals surface area contributed by atoms with Gasteiger partial charge >= 0.3 is 0 Å². The minimum atomic E-state index is -0.148. The van der Waals surface area contributed by atoms with Gasteiger partial charge in [0.25, 0.3) is 5.91 Å². The number of hydrogen-bond donors (Lipinski definition) is 2. The van der Waals surface area contributed by atoms with Crippen LogP contribution in [0.4, 0.5) is 5.69 Å². The van der Waals surface area contributed by atoms with Crippen molar-refractivity contribution in [3.8, 4) is 0 Å². The summed E-state index contributed by atoms with van der Waals surface area (Å²) < 4.78 is 0. The van der Waals surface area contributed by atoms with E-state index in [1.165, 1.54) is 4.90 Å². The van der Waals surface area contributed by atoms with Crippen LogP contribution < -0.4 is 15.1 Å². The lowest BCUT2D eigenvalue weighted by atomic mass is 9.99. The molecule has 0 spiro atoms. The zero-order valence-electron chi connectivity index (χ0n) is 18.5. The number of Topliss-reactive ketones (excluding diaryl/α,β-unsaturated/α-hetero) is 1. The van der Waals surface area contributed by atoms with E-state index in [4.69, 9.17) is 0 Å². The number of nitrogens with one attached hydrogen (secondary N) is 2. The van der Waals surface area contributed by atoms with E-state index in [2.05, 4.69) is 34.5 Å². The topological polar surface area (TPSA) is 53.9 Å². The molecule has 1 heterocycles. The Hall–Kier alpha value is -3.44. The lowest BCUT2D eigenvalue weighted by molar-refractivity contribution is -0.892. The molecule has 1 amide bonds. The van der Waals surface area contributed by atoms with E-state index in [-0.39, 0.29) is 17.7 Å². The number of ketones is 1. The van der Waals surface area contributed by atoms with Crippen molar-refractivity contribution >= 4 is 17.4 Å². The van der Waals surface area contributed by atoms with Gasteiger partial charge in [0.2, 0.25) is 0 Å². The van der Waals surface area contributed by atoms with E-state index in [1.54, 1.807) is 6.92 Å². The molecule has 1 saturated heterocycles. The molecule has 2 N–H and O–H groups in total. The Morgan fingerprint density at radius 3 is 1.88 bits per heavy atom. The molecule has 1 aliphatic heterocycles. The predicted molar refractivity (Wildman–Crippen MR) is 127 cm³/mol. The Kier molecular flexibility index (Phi) is 6.97. The molecule has 1 fully saturated rings. The first-order chi connectivity index (χ1) is 15.6. The van der Waals surface area contributed by atoms with E-state index >= 15 is 0 Å². The predicted octanol–water partition coefficient (Wildman–Crippen LogP) is 2.50. The third kappa shape index (κ3) is 5.42. The number of nitrogens with zero attached hydrogens (tertiary/aromatic N) is 1. The number of amides is 1. The Labute approximate surface area is 189 Å². The maximum atomic E-state index is 12.9. The second-order valence-corrected chi connectivity index (χ2v) is 8.34. The van der Waals surface area contributed by atoms with Gasteiger partial charge in [-0.1, -0.05) is 60.7 Å². The monoisotopic (exact) mass is 428 g/mol. The normalized spacial score (nSPS) is 14.4. The van der Waals surface area contributed by atoms with Gasteiger partial charge in [-0.05, 0) is 42.3 Å². The third-order valence-electron chi connectivity index (χ3n) is 6.09. The minimum Gasteiger partial charge on any atom is -0.360 e. The highest BCUT2D eigenvalue weighted by atomic mass is 16.2. The summed E-state index contributed by atoms with van der Waals surface area (Å²) in [5, 5.41) is 3.25. The molecule has 5 nitrogen and oxygen atoms in total. The Balaban J connectivity index is 1.34. The molecule has 5 heteroatoms. The molecule has 0 bridgehead atoms. The minimum absolute atomic E-state index is 0.0666. The number of carbonyl (C=O) groups is 2. The van der Waals surface area contributed by atoms with Crippen molar-refractivity contribution in [2.24, 2.45) is 0 Å². The highest BCUT2D eigenvalue weighted by Gasteiger charge is 2.24. The molecule has 1 aliphatic rings. The van der Waals surface area contributed by atoms with Crippen molar-refractivity contribution in [1.29, 1.82) is 0 Å². The number of rotatable bonds is 7. The van der Waals surface area contributed by atoms with Crippen molar-refractivity contribution in [3.63, 3.8) is 0 Å². The number of carbonyl (C=O) groups excluding carboxylic acids is 2. The van der Waals surface area contributed by atoms with Gasteiger partial charge in [-0.2, -0.15) is 0 Å². The third-order valence-corrected chi connectivity index (χ3v) is 6.09. The molecular formula is C27H30N3O2+. The van der Waals surface area contributed by atoms with Gasteiger partial charge in [0.1, 0.15) is 0 Å². The Morgan fingerprint density at radius 2 is 1.38 bits per heavy atom. The maximum absolute atomic E-state index is 12.9. The van der Waals surface area contributed by atoms with Crippen molar-refractivity contribution in [3.05, 3.63) is 102 Å². The molecule has 4 rings (SSSR count). The number of hydrogen-bond acceptors (Lipinski definition) is 3. The van der Waals surface area contributed by atoms with Crippen LogP contribution in [0.15, 0.2) is 84.9 Å². The van der Waals surface area contributed by atoms with Crippen LogP contribution in [-0.2, 0) is 4.79 Å². The molecule has 0 radical (unpaired) electrons. The van der Waals surface area contributed by atoms with Crippen LogP contribution in [-0.4, -0.2) is 44.4 Å². The lowest BCUT2D eigenvalue weighted by Gasteiger charge is -2.33. The second kappa shape index (κ2) is 10.2. The fourth-order valence-electron chi connectivity index (χ4n) is 4.25. The van der Waals surface area contributed by atoms with Crippen LogP contribution in [0.25, 0.3) is 0 Å². The van der Waals surface area contributed by atoms with E-state index in [1.807, 2.05) is 60.7 Å². The summed E-state index contributed by atoms with van der Waals surface area (Å²) in [6.07, 6.45) is 0. The molecule has 0 saturated carbocycles. The fourth-order valence-corrected chi connectivity index (χ4v) is 4.25. The zero-order valence-corrected chi connectivity index (χ0v) is 18.5. The fraction of sp³-hybridized carbons (Fsp3) is 0.259. The second-order valence-electron chi connectivity index (χ2n) is 8.34. The van der Waals surface area contributed by atoms with Crippen molar-refractivity contribution < 1.29 is 14.5 Å². The average Bonchev–Trinajstić information content (AvgIpc) is 2.84. The quantitative estimate of drug-likeness (QED) is 0.569. The summed E-state index contributed by atoms with van der Waals surface area (Å²) in [5.41, 5.74) is 4.04. The highest BCUT2D eigenvalue weighted by molar-refractivity contribution is 5.94. The Morgan fingerprint density at radius 1 is 0.844 bits per heavy atom. The lowest BCUT2D eigenvalue weighted by Crippen LogP contribution is -3.16. The summed E-state index contributed by atoms with van der Waals surface area (Å²) in [7, 11) is 0. The van der Waals surface area contributed by atoms with Crippen molar-refractivity contribution in [2.45, 2.75) is 13.0 Å². The van der Waals surface area contributed by atoms with Crippen LogP contribution in [0.2, 0.25) is 0 Å². The van der Waals surface area contributed by atoms with E-state index in [9.17, 15) is 9.59 Å².